The first-order valence-corrected chi connectivity index (χ1v) is 7.76. The number of nitrogens with one attached hydrogen (secondary N) is 1. The summed E-state index contributed by atoms with van der Waals surface area (Å²) in [5, 5.41) is 12.4. The van der Waals surface area contributed by atoms with E-state index in [1.807, 2.05) is 6.07 Å². The van der Waals surface area contributed by atoms with Crippen LogP contribution in [0.5, 0.6) is 0 Å². The smallest absolute Gasteiger partial charge is 0.339 e. The monoisotopic (exact) mass is 351 g/mol. The van der Waals surface area contributed by atoms with Crippen LogP contribution in [-0.2, 0) is 11.2 Å². The first-order chi connectivity index (χ1) is 11.5. The lowest BCUT2D eigenvalue weighted by molar-refractivity contribution is 0.0694. The molecule has 1 amide bonds. The molecular formula is C17H18ClNO5. The van der Waals surface area contributed by atoms with Crippen molar-refractivity contribution in [1.29, 1.82) is 0 Å². The highest BCUT2D eigenvalue weighted by molar-refractivity contribution is 6.30. The molecule has 0 aliphatic heterocycles. The predicted molar refractivity (Wildman–Crippen MR) is 88.6 cm³/mol. The number of hydrogen-bond acceptors (Lipinski definition) is 4. The lowest BCUT2D eigenvalue weighted by atomic mass is 10.1. The first kappa shape index (κ1) is 18.0. The quantitative estimate of drug-likeness (QED) is 0.798. The summed E-state index contributed by atoms with van der Waals surface area (Å²) in [6.07, 6.45) is 0.00481. The van der Waals surface area contributed by atoms with Crippen LogP contribution in [0.4, 0.5) is 0 Å². The van der Waals surface area contributed by atoms with Crippen molar-refractivity contribution in [3.8, 4) is 0 Å². The lowest BCUT2D eigenvalue weighted by Crippen LogP contribution is -2.28. The lowest BCUT2D eigenvalue weighted by Gasteiger charge is -2.16. The van der Waals surface area contributed by atoms with Gasteiger partial charge in [-0.25, -0.2) is 4.79 Å². The van der Waals surface area contributed by atoms with E-state index in [1.165, 1.54) is 13.2 Å². The molecular weight excluding hydrogens is 334 g/mol. The Balaban J connectivity index is 2.08. The second-order valence-corrected chi connectivity index (χ2v) is 5.53. The molecule has 0 radical (unpaired) electrons. The summed E-state index contributed by atoms with van der Waals surface area (Å²) in [5.74, 6) is -1.39. The average Bonchev–Trinajstić information content (AvgIpc) is 3.00. The van der Waals surface area contributed by atoms with Crippen LogP contribution in [0.25, 0.3) is 0 Å². The Morgan fingerprint density at radius 2 is 2.12 bits per heavy atom. The van der Waals surface area contributed by atoms with Gasteiger partial charge in [-0.05, 0) is 17.7 Å². The largest absolute Gasteiger partial charge is 0.478 e. The molecule has 1 atom stereocenters. The maximum atomic E-state index is 12.2. The third kappa shape index (κ3) is 4.15. The molecule has 0 aliphatic carbocycles. The van der Waals surface area contributed by atoms with Gasteiger partial charge in [-0.2, -0.15) is 0 Å². The minimum Gasteiger partial charge on any atom is -0.478 e. The van der Waals surface area contributed by atoms with E-state index in [2.05, 4.69) is 5.32 Å². The van der Waals surface area contributed by atoms with Gasteiger partial charge in [0.25, 0.3) is 5.91 Å². The maximum Gasteiger partial charge on any atom is 0.339 e. The van der Waals surface area contributed by atoms with E-state index in [4.69, 9.17) is 25.9 Å². The van der Waals surface area contributed by atoms with Crippen LogP contribution >= 0.6 is 11.6 Å². The molecule has 0 saturated heterocycles. The van der Waals surface area contributed by atoms with Gasteiger partial charge in [0, 0.05) is 31.2 Å². The Morgan fingerprint density at radius 3 is 2.67 bits per heavy atom. The van der Waals surface area contributed by atoms with Crippen LogP contribution in [0, 0.1) is 0 Å². The number of amides is 1. The number of ether oxygens (including phenoxy) is 1. The summed E-state index contributed by atoms with van der Waals surface area (Å²) in [4.78, 5) is 23.3. The van der Waals surface area contributed by atoms with Gasteiger partial charge in [0.1, 0.15) is 11.3 Å². The number of carboxylic acids is 1. The zero-order valence-electron chi connectivity index (χ0n) is 13.3. The van der Waals surface area contributed by atoms with Gasteiger partial charge in [0.15, 0.2) is 5.76 Å². The summed E-state index contributed by atoms with van der Waals surface area (Å²) >= 11 is 5.96. The topological polar surface area (TPSA) is 88.8 Å². The van der Waals surface area contributed by atoms with Crippen LogP contribution in [-0.4, -0.2) is 30.6 Å². The molecule has 2 aromatic rings. The van der Waals surface area contributed by atoms with Crippen molar-refractivity contribution in [3.05, 3.63) is 58.0 Å². The number of rotatable bonds is 7. The van der Waals surface area contributed by atoms with E-state index in [1.54, 1.807) is 25.1 Å². The molecule has 24 heavy (non-hydrogen) atoms. The number of carbonyl (C=O) groups is 2. The number of furan rings is 1. The van der Waals surface area contributed by atoms with Crippen LogP contribution in [0.15, 0.2) is 34.7 Å². The second kappa shape index (κ2) is 7.99. The van der Waals surface area contributed by atoms with E-state index >= 15 is 0 Å². The number of hydrogen-bond donors (Lipinski definition) is 2. The molecule has 2 N–H and O–H groups in total. The molecule has 0 saturated carbocycles. The molecule has 1 unspecified atom stereocenters. The number of halogens is 1. The van der Waals surface area contributed by atoms with Gasteiger partial charge in [0.2, 0.25) is 0 Å². The van der Waals surface area contributed by atoms with E-state index in [0.29, 0.717) is 11.4 Å². The number of benzene rings is 1. The number of methoxy groups -OCH3 is 1. The number of carboxylic acid groups (broad SMARTS) is 1. The normalized spacial score (nSPS) is 12.0. The average molecular weight is 352 g/mol. The van der Waals surface area contributed by atoms with Crippen molar-refractivity contribution in [1.82, 2.24) is 5.32 Å². The van der Waals surface area contributed by atoms with Crippen molar-refractivity contribution in [3.63, 3.8) is 0 Å². The number of aryl methyl sites for hydroxylation is 1. The van der Waals surface area contributed by atoms with E-state index in [-0.39, 0.29) is 29.7 Å². The fraction of sp³-hybridized carbons (Fsp3) is 0.294. The highest BCUT2D eigenvalue weighted by Gasteiger charge is 2.21. The van der Waals surface area contributed by atoms with Crippen molar-refractivity contribution in [2.75, 3.05) is 13.7 Å². The van der Waals surface area contributed by atoms with Gasteiger partial charge in [-0.1, -0.05) is 30.7 Å². The Labute approximate surface area is 144 Å². The van der Waals surface area contributed by atoms with Gasteiger partial charge < -0.3 is 19.6 Å². The Kier molecular flexibility index (Phi) is 6.00. The van der Waals surface area contributed by atoms with E-state index in [9.17, 15) is 9.59 Å². The summed E-state index contributed by atoms with van der Waals surface area (Å²) in [7, 11) is 1.53. The van der Waals surface area contributed by atoms with Gasteiger partial charge >= 0.3 is 5.97 Å². The third-order valence-electron chi connectivity index (χ3n) is 3.54. The fourth-order valence-corrected chi connectivity index (χ4v) is 2.50. The van der Waals surface area contributed by atoms with Crippen LogP contribution in [0.1, 0.15) is 45.3 Å². The van der Waals surface area contributed by atoms with Crippen molar-refractivity contribution >= 4 is 23.5 Å². The van der Waals surface area contributed by atoms with E-state index < -0.39 is 11.9 Å². The highest BCUT2D eigenvalue weighted by atomic mass is 35.5. The molecule has 1 aromatic carbocycles. The Hall–Kier alpha value is -2.31. The summed E-state index contributed by atoms with van der Waals surface area (Å²) in [5.41, 5.74) is 0.825. The SMILES string of the molecule is CCc1oc(C(=O)NCC(OC)c2cccc(Cl)c2)cc1C(=O)O. The van der Waals surface area contributed by atoms with Crippen LogP contribution in [0.2, 0.25) is 5.02 Å². The molecule has 0 spiro atoms. The molecule has 2 rings (SSSR count). The fourth-order valence-electron chi connectivity index (χ4n) is 2.30. The highest BCUT2D eigenvalue weighted by Crippen LogP contribution is 2.20. The predicted octanol–water partition coefficient (Wildman–Crippen LogP) is 3.31. The minimum atomic E-state index is -1.12. The van der Waals surface area contributed by atoms with Gasteiger partial charge in [0.05, 0.1) is 6.10 Å². The molecule has 0 aliphatic rings. The van der Waals surface area contributed by atoms with Crippen molar-refractivity contribution in [2.24, 2.45) is 0 Å². The van der Waals surface area contributed by atoms with Crippen molar-refractivity contribution < 1.29 is 23.8 Å². The summed E-state index contributed by atoms with van der Waals surface area (Å²) < 4.78 is 10.7. The van der Waals surface area contributed by atoms with Gasteiger partial charge in [-0.15, -0.1) is 0 Å². The number of carbonyl (C=O) groups excluding carboxylic acids is 1. The standard InChI is InChI=1S/C17H18ClNO5/c1-3-13-12(17(21)22)8-14(24-13)16(20)19-9-15(23-2)10-5-4-6-11(18)7-10/h4-8,15H,3,9H2,1-2H3,(H,19,20)(H,21,22). The zero-order chi connectivity index (χ0) is 17.7. The Bertz CT molecular complexity index is 740. The van der Waals surface area contributed by atoms with Crippen LogP contribution < -0.4 is 5.32 Å². The summed E-state index contributed by atoms with van der Waals surface area (Å²) in [6, 6.07) is 8.38. The molecule has 1 aromatic heterocycles. The maximum absolute atomic E-state index is 12.2. The zero-order valence-corrected chi connectivity index (χ0v) is 14.1. The third-order valence-corrected chi connectivity index (χ3v) is 3.77. The molecule has 128 valence electrons. The first-order valence-electron chi connectivity index (χ1n) is 7.38. The molecule has 6 nitrogen and oxygen atoms in total. The minimum absolute atomic E-state index is 0.000725. The van der Waals surface area contributed by atoms with Gasteiger partial charge in [-0.3, -0.25) is 4.79 Å². The summed E-state index contributed by atoms with van der Waals surface area (Å²) in [6.45, 7) is 1.95. The molecule has 0 bridgehead atoms. The second-order valence-electron chi connectivity index (χ2n) is 5.10. The number of aromatic carboxylic acids is 1. The Morgan fingerprint density at radius 1 is 1.38 bits per heavy atom. The van der Waals surface area contributed by atoms with Crippen molar-refractivity contribution in [2.45, 2.75) is 19.4 Å². The van der Waals surface area contributed by atoms with Crippen LogP contribution in [0.3, 0.4) is 0 Å². The van der Waals surface area contributed by atoms with E-state index in [0.717, 1.165) is 5.56 Å². The molecule has 1 heterocycles. The molecule has 7 heteroatoms. The molecule has 0 fully saturated rings.